The van der Waals surface area contributed by atoms with Gasteiger partial charge in [0, 0.05) is 36.2 Å². The van der Waals surface area contributed by atoms with Gasteiger partial charge in [0.25, 0.3) is 0 Å². The smallest absolute Gasteiger partial charge is 0.238 e. The summed E-state index contributed by atoms with van der Waals surface area (Å²) in [5.41, 5.74) is 0.705. The van der Waals surface area contributed by atoms with E-state index in [2.05, 4.69) is 15.6 Å². The van der Waals surface area contributed by atoms with Gasteiger partial charge in [-0.3, -0.25) is 10.1 Å². The zero-order chi connectivity index (χ0) is 18.6. The zero-order valence-electron chi connectivity index (χ0n) is 15.0. The summed E-state index contributed by atoms with van der Waals surface area (Å²) in [5, 5.41) is 5.99. The third-order valence-electron chi connectivity index (χ3n) is 3.78. The fourth-order valence-corrected chi connectivity index (χ4v) is 4.00. The maximum absolute atomic E-state index is 12.1. The second kappa shape index (κ2) is 10.9. The summed E-state index contributed by atoms with van der Waals surface area (Å²) in [6.45, 7) is 0.274. The van der Waals surface area contributed by atoms with Crippen molar-refractivity contribution in [3.05, 3.63) is 48.2 Å². The maximum Gasteiger partial charge on any atom is 0.238 e. The van der Waals surface area contributed by atoms with Gasteiger partial charge in [-0.15, -0.1) is 36.6 Å². The van der Waals surface area contributed by atoms with E-state index in [0.29, 0.717) is 17.2 Å². The van der Waals surface area contributed by atoms with E-state index in [1.54, 1.807) is 42.2 Å². The standard InChI is InChI=1S/C17H19N3O4S2.2ClH/c1-26(22,23)14-6-2-5-13(8-14)24-17-12(4-3-7-18-17)9-19-16(21)15-10-25-11-20-15;;/h2-8,15,20H,9-11H2,1H3,(H,19,21);2*1H. The van der Waals surface area contributed by atoms with Crippen LogP contribution in [-0.4, -0.2) is 43.2 Å². The second-order valence-electron chi connectivity index (χ2n) is 5.81. The molecule has 1 atom stereocenters. The lowest BCUT2D eigenvalue weighted by Crippen LogP contribution is -2.41. The van der Waals surface area contributed by atoms with Gasteiger partial charge in [0.05, 0.1) is 10.9 Å². The Bertz CT molecular complexity index is 907. The minimum absolute atomic E-state index is 0. The number of carbonyl (C=O) groups is 1. The number of halogens is 2. The number of pyridine rings is 1. The number of thioether (sulfide) groups is 1. The Morgan fingerprint density at radius 2 is 2.11 bits per heavy atom. The van der Waals surface area contributed by atoms with Gasteiger partial charge in [-0.25, -0.2) is 13.4 Å². The Morgan fingerprint density at radius 1 is 1.32 bits per heavy atom. The number of nitrogens with one attached hydrogen (secondary N) is 2. The molecule has 0 aliphatic carbocycles. The molecule has 154 valence electrons. The maximum atomic E-state index is 12.1. The SMILES string of the molecule is CS(=O)(=O)c1cccc(Oc2ncccc2CNC(=O)C2CSCN2)c1.Cl.Cl. The highest BCUT2D eigenvalue weighted by atomic mass is 35.5. The number of nitrogens with zero attached hydrogens (tertiary/aromatic N) is 1. The van der Waals surface area contributed by atoms with Crippen molar-refractivity contribution in [3.8, 4) is 11.6 Å². The molecular weight excluding hydrogens is 445 g/mol. The van der Waals surface area contributed by atoms with Crippen LogP contribution >= 0.6 is 36.6 Å². The molecule has 28 heavy (non-hydrogen) atoms. The summed E-state index contributed by atoms with van der Waals surface area (Å²) in [4.78, 5) is 16.5. The number of hydrogen-bond acceptors (Lipinski definition) is 7. The summed E-state index contributed by atoms with van der Waals surface area (Å²) in [6.07, 6.45) is 2.72. The Hall–Kier alpha value is -1.52. The van der Waals surface area contributed by atoms with E-state index in [1.807, 2.05) is 0 Å². The average molecular weight is 466 g/mol. The van der Waals surface area contributed by atoms with E-state index >= 15 is 0 Å². The van der Waals surface area contributed by atoms with Crippen LogP contribution in [0.3, 0.4) is 0 Å². The van der Waals surface area contributed by atoms with Crippen molar-refractivity contribution >= 4 is 52.3 Å². The molecule has 0 radical (unpaired) electrons. The first-order valence-corrected chi connectivity index (χ1v) is 11.0. The van der Waals surface area contributed by atoms with Crippen molar-refractivity contribution in [1.29, 1.82) is 0 Å². The van der Waals surface area contributed by atoms with Crippen molar-refractivity contribution < 1.29 is 17.9 Å². The highest BCUT2D eigenvalue weighted by Crippen LogP contribution is 2.25. The van der Waals surface area contributed by atoms with E-state index in [4.69, 9.17) is 4.74 Å². The molecule has 2 N–H and O–H groups in total. The van der Waals surface area contributed by atoms with E-state index in [-0.39, 0.29) is 48.2 Å². The third kappa shape index (κ3) is 6.52. The summed E-state index contributed by atoms with van der Waals surface area (Å²) >= 11 is 1.68. The highest BCUT2D eigenvalue weighted by molar-refractivity contribution is 7.99. The molecule has 1 unspecified atom stereocenters. The van der Waals surface area contributed by atoms with Crippen LogP contribution < -0.4 is 15.4 Å². The van der Waals surface area contributed by atoms with Crippen LogP contribution in [0, 0.1) is 0 Å². The van der Waals surface area contributed by atoms with Gasteiger partial charge in [0.15, 0.2) is 9.84 Å². The van der Waals surface area contributed by atoms with Crippen LogP contribution in [0.1, 0.15) is 5.56 Å². The van der Waals surface area contributed by atoms with Gasteiger partial charge in [-0.05, 0) is 24.3 Å². The van der Waals surface area contributed by atoms with Crippen molar-refractivity contribution in [2.75, 3.05) is 17.9 Å². The highest BCUT2D eigenvalue weighted by Gasteiger charge is 2.22. The van der Waals surface area contributed by atoms with Gasteiger partial charge in [0.1, 0.15) is 5.75 Å². The third-order valence-corrected chi connectivity index (χ3v) is 5.83. The normalized spacial score (nSPS) is 15.8. The van der Waals surface area contributed by atoms with Crippen molar-refractivity contribution in [2.45, 2.75) is 17.5 Å². The number of amides is 1. The Balaban J connectivity index is 0.00000196. The number of hydrogen-bond donors (Lipinski definition) is 2. The molecule has 2 aromatic rings. The second-order valence-corrected chi connectivity index (χ2v) is 8.85. The number of sulfone groups is 1. The first-order chi connectivity index (χ1) is 12.4. The largest absolute Gasteiger partial charge is 0.439 e. The number of benzene rings is 1. The molecule has 7 nitrogen and oxygen atoms in total. The number of ether oxygens (including phenoxy) is 1. The Labute approximate surface area is 180 Å². The molecule has 0 saturated carbocycles. The molecule has 1 aliphatic heterocycles. The summed E-state index contributed by atoms with van der Waals surface area (Å²) in [5.74, 6) is 2.15. The average Bonchev–Trinajstić information content (AvgIpc) is 3.15. The molecule has 1 aliphatic rings. The predicted octanol–water partition coefficient (Wildman–Crippen LogP) is 2.40. The lowest BCUT2D eigenvalue weighted by atomic mass is 10.2. The minimum atomic E-state index is -3.33. The molecule has 1 aromatic carbocycles. The lowest BCUT2D eigenvalue weighted by Gasteiger charge is -2.13. The van der Waals surface area contributed by atoms with E-state index in [1.165, 1.54) is 12.1 Å². The molecule has 0 bridgehead atoms. The number of rotatable bonds is 6. The summed E-state index contributed by atoms with van der Waals surface area (Å²) in [7, 11) is -3.33. The summed E-state index contributed by atoms with van der Waals surface area (Å²) < 4.78 is 29.1. The predicted molar refractivity (Wildman–Crippen MR) is 114 cm³/mol. The van der Waals surface area contributed by atoms with E-state index < -0.39 is 9.84 Å². The molecule has 1 aromatic heterocycles. The minimum Gasteiger partial charge on any atom is -0.439 e. The number of carbonyl (C=O) groups excluding carboxylic acids is 1. The van der Waals surface area contributed by atoms with E-state index in [0.717, 1.165) is 17.9 Å². The van der Waals surface area contributed by atoms with Crippen LogP contribution in [0.25, 0.3) is 0 Å². The van der Waals surface area contributed by atoms with Crippen LogP contribution in [0.5, 0.6) is 11.6 Å². The zero-order valence-corrected chi connectivity index (χ0v) is 18.2. The number of aromatic nitrogens is 1. The molecule has 1 fully saturated rings. The van der Waals surface area contributed by atoms with Crippen LogP contribution in [-0.2, 0) is 21.2 Å². The molecule has 11 heteroatoms. The molecule has 1 amide bonds. The lowest BCUT2D eigenvalue weighted by molar-refractivity contribution is -0.122. The van der Waals surface area contributed by atoms with Crippen LogP contribution in [0.4, 0.5) is 0 Å². The molecule has 1 saturated heterocycles. The molecular formula is C17H21Cl2N3O4S2. The molecule has 2 heterocycles. The van der Waals surface area contributed by atoms with Crippen LogP contribution in [0.15, 0.2) is 47.5 Å². The van der Waals surface area contributed by atoms with Gasteiger partial charge < -0.3 is 10.1 Å². The summed E-state index contributed by atoms with van der Waals surface area (Å²) in [6, 6.07) is 9.60. The molecule has 0 spiro atoms. The van der Waals surface area contributed by atoms with Gasteiger partial charge in [-0.2, -0.15) is 0 Å². The fourth-order valence-electron chi connectivity index (χ4n) is 2.40. The van der Waals surface area contributed by atoms with E-state index in [9.17, 15) is 13.2 Å². The Kier molecular flexibility index (Phi) is 9.52. The molecule has 3 rings (SSSR count). The Morgan fingerprint density at radius 3 is 2.79 bits per heavy atom. The van der Waals surface area contributed by atoms with Crippen molar-refractivity contribution in [2.24, 2.45) is 0 Å². The topological polar surface area (TPSA) is 97.4 Å². The first-order valence-electron chi connectivity index (χ1n) is 7.94. The fraction of sp³-hybridized carbons (Fsp3) is 0.294. The van der Waals surface area contributed by atoms with Crippen LogP contribution in [0.2, 0.25) is 0 Å². The van der Waals surface area contributed by atoms with Crippen molar-refractivity contribution in [3.63, 3.8) is 0 Å². The monoisotopic (exact) mass is 465 g/mol. The first kappa shape index (κ1) is 24.5. The van der Waals surface area contributed by atoms with Gasteiger partial charge in [0.2, 0.25) is 11.8 Å². The van der Waals surface area contributed by atoms with Crippen molar-refractivity contribution in [1.82, 2.24) is 15.6 Å². The quantitative estimate of drug-likeness (QED) is 0.675. The van der Waals surface area contributed by atoms with Gasteiger partial charge in [-0.1, -0.05) is 12.1 Å². The van der Waals surface area contributed by atoms with Gasteiger partial charge >= 0.3 is 0 Å².